The normalized spacial score (nSPS) is 21.1. The minimum absolute atomic E-state index is 0.0217. The topological polar surface area (TPSA) is 138 Å². The van der Waals surface area contributed by atoms with E-state index in [1.54, 1.807) is 28.5 Å². The SMILES string of the molecule is CCCCC1CC1C(=O)Nc1nc2c(-c3cnn(C4(CC#N)CN(S(=O)(=O)CC)C4)c3)cccn2n1. The van der Waals surface area contributed by atoms with Crippen LogP contribution in [0.15, 0.2) is 30.7 Å². The highest BCUT2D eigenvalue weighted by Crippen LogP contribution is 2.43. The third kappa shape index (κ3) is 4.37. The number of hydrogen-bond acceptors (Lipinski definition) is 7. The lowest BCUT2D eigenvalue weighted by Gasteiger charge is -2.47. The second-order valence-electron chi connectivity index (χ2n) is 9.76. The lowest BCUT2D eigenvalue weighted by Crippen LogP contribution is -2.64. The molecule has 2 atom stereocenters. The monoisotopic (exact) mass is 510 g/mol. The van der Waals surface area contributed by atoms with E-state index >= 15 is 0 Å². The first-order valence-electron chi connectivity index (χ1n) is 12.4. The Morgan fingerprint density at radius 1 is 1.33 bits per heavy atom. The highest BCUT2D eigenvalue weighted by molar-refractivity contribution is 7.89. The van der Waals surface area contributed by atoms with Crippen LogP contribution in [-0.2, 0) is 20.4 Å². The van der Waals surface area contributed by atoms with E-state index in [2.05, 4.69) is 33.5 Å². The molecule has 1 aliphatic heterocycles. The zero-order chi connectivity index (χ0) is 25.5. The summed E-state index contributed by atoms with van der Waals surface area (Å²) in [6.45, 7) is 4.19. The highest BCUT2D eigenvalue weighted by atomic mass is 32.2. The summed E-state index contributed by atoms with van der Waals surface area (Å²) in [6, 6.07) is 5.91. The van der Waals surface area contributed by atoms with Crippen LogP contribution in [0.2, 0.25) is 0 Å². The Bertz CT molecular complexity index is 1430. The van der Waals surface area contributed by atoms with Crippen molar-refractivity contribution < 1.29 is 13.2 Å². The number of carbonyl (C=O) groups excluding carboxylic acids is 1. The highest BCUT2D eigenvalue weighted by Gasteiger charge is 2.49. The zero-order valence-electron chi connectivity index (χ0n) is 20.5. The molecule has 190 valence electrons. The standard InChI is InChI=1S/C24H30N8O3S/c1-3-5-7-17-12-20(17)22(33)28-23-27-21-19(8-6-11-31(21)29-23)18-13-26-32(14-18)24(9-10-25)15-30(16-24)36(34,35)4-2/h6,8,11,13-14,17,20H,3-5,7,9,12,15-16H2,1-2H3,(H,28,29,33). The number of sulfonamides is 1. The predicted molar refractivity (Wildman–Crippen MR) is 133 cm³/mol. The van der Waals surface area contributed by atoms with Crippen molar-refractivity contribution in [3.05, 3.63) is 30.7 Å². The van der Waals surface area contributed by atoms with E-state index in [1.807, 2.05) is 18.3 Å². The fourth-order valence-electron chi connectivity index (χ4n) is 4.94. The molecule has 1 aliphatic carbocycles. The minimum Gasteiger partial charge on any atom is -0.293 e. The number of amides is 1. The van der Waals surface area contributed by atoms with Gasteiger partial charge in [-0.3, -0.25) is 14.8 Å². The number of nitrogens with one attached hydrogen (secondary N) is 1. The van der Waals surface area contributed by atoms with Gasteiger partial charge in [0.15, 0.2) is 5.65 Å². The minimum atomic E-state index is -3.32. The lowest BCUT2D eigenvalue weighted by atomic mass is 9.89. The Labute approximate surface area is 210 Å². The molecule has 2 aliphatic rings. The molecule has 11 nitrogen and oxygen atoms in total. The van der Waals surface area contributed by atoms with E-state index < -0.39 is 15.6 Å². The quantitative estimate of drug-likeness (QED) is 0.442. The molecule has 3 aromatic rings. The second kappa shape index (κ2) is 9.29. The van der Waals surface area contributed by atoms with Crippen LogP contribution < -0.4 is 5.32 Å². The van der Waals surface area contributed by atoms with Gasteiger partial charge < -0.3 is 0 Å². The van der Waals surface area contributed by atoms with Gasteiger partial charge >= 0.3 is 0 Å². The molecule has 5 rings (SSSR count). The molecule has 4 heterocycles. The van der Waals surface area contributed by atoms with Gasteiger partial charge in [0.05, 0.1) is 24.4 Å². The van der Waals surface area contributed by atoms with Crippen molar-refractivity contribution in [3.8, 4) is 17.2 Å². The molecule has 3 aromatic heterocycles. The van der Waals surface area contributed by atoms with Crippen LogP contribution in [0.1, 0.15) is 46.0 Å². The van der Waals surface area contributed by atoms with Crippen LogP contribution in [-0.4, -0.2) is 61.9 Å². The van der Waals surface area contributed by atoms with Crippen molar-refractivity contribution in [2.75, 3.05) is 24.2 Å². The molecule has 1 N–H and O–H groups in total. The Morgan fingerprint density at radius 2 is 2.14 bits per heavy atom. The van der Waals surface area contributed by atoms with Gasteiger partial charge in [-0.25, -0.2) is 12.9 Å². The van der Waals surface area contributed by atoms with Gasteiger partial charge in [0, 0.05) is 42.5 Å². The molecule has 36 heavy (non-hydrogen) atoms. The van der Waals surface area contributed by atoms with E-state index in [4.69, 9.17) is 0 Å². The number of nitrogens with zero attached hydrogens (tertiary/aromatic N) is 7. The van der Waals surface area contributed by atoms with Crippen LogP contribution >= 0.6 is 0 Å². The van der Waals surface area contributed by atoms with Crippen LogP contribution in [0.25, 0.3) is 16.8 Å². The number of nitriles is 1. The fraction of sp³-hybridized carbons (Fsp3) is 0.542. The summed E-state index contributed by atoms with van der Waals surface area (Å²) in [7, 11) is -3.32. The number of rotatable bonds is 10. The maximum absolute atomic E-state index is 12.6. The van der Waals surface area contributed by atoms with Gasteiger partial charge in [0.1, 0.15) is 5.54 Å². The van der Waals surface area contributed by atoms with Gasteiger partial charge in [-0.1, -0.05) is 19.8 Å². The number of aromatic nitrogens is 5. The summed E-state index contributed by atoms with van der Waals surface area (Å²) in [5.41, 5.74) is 1.41. The Balaban J connectivity index is 1.36. The van der Waals surface area contributed by atoms with Crippen molar-refractivity contribution in [3.63, 3.8) is 0 Å². The number of anilines is 1. The van der Waals surface area contributed by atoms with Crippen LogP contribution in [0.5, 0.6) is 0 Å². The van der Waals surface area contributed by atoms with E-state index in [0.717, 1.165) is 36.8 Å². The summed E-state index contributed by atoms with van der Waals surface area (Å²) in [5, 5.41) is 21.2. The van der Waals surface area contributed by atoms with Crippen molar-refractivity contribution in [1.29, 1.82) is 5.26 Å². The number of unbranched alkanes of at least 4 members (excludes halogenated alkanes) is 1. The molecule has 1 amide bonds. The van der Waals surface area contributed by atoms with Gasteiger partial charge in [0.2, 0.25) is 21.9 Å². The molecule has 0 spiro atoms. The average Bonchev–Trinajstić information content (AvgIpc) is 3.24. The van der Waals surface area contributed by atoms with Crippen molar-refractivity contribution >= 4 is 27.5 Å². The summed E-state index contributed by atoms with van der Waals surface area (Å²) < 4.78 is 29.2. The molecule has 2 fully saturated rings. The zero-order valence-corrected chi connectivity index (χ0v) is 21.3. The van der Waals surface area contributed by atoms with Crippen LogP contribution in [0, 0.1) is 23.2 Å². The summed E-state index contributed by atoms with van der Waals surface area (Å²) >= 11 is 0. The molecule has 1 saturated heterocycles. The first-order valence-corrected chi connectivity index (χ1v) is 14.0. The molecule has 0 bridgehead atoms. The Kier molecular flexibility index (Phi) is 6.30. The first-order chi connectivity index (χ1) is 17.3. The number of fused-ring (bicyclic) bond motifs is 1. The number of carbonyl (C=O) groups is 1. The van der Waals surface area contributed by atoms with Crippen molar-refractivity contribution in [1.82, 2.24) is 28.7 Å². The second-order valence-corrected chi connectivity index (χ2v) is 12.0. The molecule has 2 unspecified atom stereocenters. The summed E-state index contributed by atoms with van der Waals surface area (Å²) in [6.07, 6.45) is 9.69. The molecule has 0 radical (unpaired) electrons. The fourth-order valence-corrected chi connectivity index (χ4v) is 6.18. The van der Waals surface area contributed by atoms with Gasteiger partial charge in [-0.15, -0.1) is 5.10 Å². The summed E-state index contributed by atoms with van der Waals surface area (Å²) in [5.74, 6) is 0.751. The molecule has 1 saturated carbocycles. The number of hydrogen-bond donors (Lipinski definition) is 1. The lowest BCUT2D eigenvalue weighted by molar-refractivity contribution is -0.117. The van der Waals surface area contributed by atoms with E-state index in [0.29, 0.717) is 11.6 Å². The van der Waals surface area contributed by atoms with Crippen molar-refractivity contribution in [2.45, 2.75) is 51.5 Å². The summed E-state index contributed by atoms with van der Waals surface area (Å²) in [4.78, 5) is 17.2. The van der Waals surface area contributed by atoms with Crippen molar-refractivity contribution in [2.24, 2.45) is 11.8 Å². The Morgan fingerprint density at radius 3 is 2.86 bits per heavy atom. The average molecular weight is 511 g/mol. The third-order valence-corrected chi connectivity index (χ3v) is 9.05. The maximum Gasteiger partial charge on any atom is 0.249 e. The molecular weight excluding hydrogens is 480 g/mol. The van der Waals surface area contributed by atoms with Crippen LogP contribution in [0.3, 0.4) is 0 Å². The molecule has 0 aromatic carbocycles. The van der Waals surface area contributed by atoms with E-state index in [9.17, 15) is 18.5 Å². The molecular formula is C24H30N8O3S. The van der Waals surface area contributed by atoms with Crippen LogP contribution in [0.4, 0.5) is 5.95 Å². The first kappa shape index (κ1) is 24.4. The van der Waals surface area contributed by atoms with Gasteiger partial charge in [0.25, 0.3) is 0 Å². The number of pyridine rings is 1. The third-order valence-electron chi connectivity index (χ3n) is 7.27. The predicted octanol–water partition coefficient (Wildman–Crippen LogP) is 2.63. The van der Waals surface area contributed by atoms with E-state index in [-0.39, 0.29) is 43.0 Å². The van der Waals surface area contributed by atoms with E-state index in [1.165, 1.54) is 4.31 Å². The van der Waals surface area contributed by atoms with Gasteiger partial charge in [-0.05, 0) is 37.8 Å². The smallest absolute Gasteiger partial charge is 0.249 e. The molecule has 12 heteroatoms. The Hall–Kier alpha value is -3.30. The van der Waals surface area contributed by atoms with Gasteiger partial charge in [-0.2, -0.15) is 19.6 Å². The maximum atomic E-state index is 12.6. The largest absolute Gasteiger partial charge is 0.293 e.